The normalized spacial score (nSPS) is 11.6. The summed E-state index contributed by atoms with van der Waals surface area (Å²) in [5.41, 5.74) is 0. The van der Waals surface area contributed by atoms with E-state index in [0.29, 0.717) is 5.76 Å². The molecule has 0 radical (unpaired) electrons. The van der Waals surface area contributed by atoms with Gasteiger partial charge in [-0.1, -0.05) is 0 Å². The van der Waals surface area contributed by atoms with E-state index in [4.69, 9.17) is 9.68 Å². The fraction of sp³-hybridized carbons (Fsp3) is 0.500. The molecule has 0 aliphatic rings. The van der Waals surface area contributed by atoms with Gasteiger partial charge >= 0.3 is 0 Å². The first-order valence-electron chi connectivity index (χ1n) is 4.97. The van der Waals surface area contributed by atoms with Gasteiger partial charge in [0, 0.05) is 13.0 Å². The summed E-state index contributed by atoms with van der Waals surface area (Å²) in [6, 6.07) is 5.35. The van der Waals surface area contributed by atoms with Crippen LogP contribution in [0, 0.1) is 11.3 Å². The highest BCUT2D eigenvalue weighted by Crippen LogP contribution is 2.10. The summed E-state index contributed by atoms with van der Waals surface area (Å²) in [4.78, 5) is 0. The summed E-state index contributed by atoms with van der Waals surface area (Å²) in [5, 5.41) is 8.48. The molecule has 0 aromatic carbocycles. The zero-order chi connectivity index (χ0) is 12.0. The van der Waals surface area contributed by atoms with Crippen LogP contribution in [0.5, 0.6) is 0 Å². The minimum absolute atomic E-state index is 0.0269. The predicted octanol–water partition coefficient (Wildman–Crippen LogP) is 1.34. The van der Waals surface area contributed by atoms with Crippen molar-refractivity contribution in [3.63, 3.8) is 0 Å². The average Bonchev–Trinajstić information content (AvgIpc) is 2.76. The fourth-order valence-electron chi connectivity index (χ4n) is 1.25. The van der Waals surface area contributed by atoms with Crippen LogP contribution in [0.3, 0.4) is 0 Å². The second-order valence-corrected chi connectivity index (χ2v) is 5.48. The van der Waals surface area contributed by atoms with Gasteiger partial charge in [-0.05, 0) is 19.1 Å². The molecule has 88 valence electrons. The monoisotopic (exact) mass is 242 g/mol. The van der Waals surface area contributed by atoms with Crippen molar-refractivity contribution in [3.8, 4) is 6.07 Å². The van der Waals surface area contributed by atoms with Crippen LogP contribution in [-0.4, -0.2) is 25.0 Å². The van der Waals surface area contributed by atoms with E-state index in [1.165, 1.54) is 10.6 Å². The molecule has 6 heteroatoms. The second-order valence-electron chi connectivity index (χ2n) is 3.22. The Labute approximate surface area is 95.3 Å². The van der Waals surface area contributed by atoms with Gasteiger partial charge in [0.2, 0.25) is 10.0 Å². The van der Waals surface area contributed by atoms with Crippen LogP contribution in [0.4, 0.5) is 0 Å². The van der Waals surface area contributed by atoms with Crippen molar-refractivity contribution in [3.05, 3.63) is 24.2 Å². The van der Waals surface area contributed by atoms with Crippen LogP contribution in [0.1, 0.15) is 19.1 Å². The lowest BCUT2D eigenvalue weighted by atomic mass is 10.4. The summed E-state index contributed by atoms with van der Waals surface area (Å²) in [6.45, 7) is 1.97. The van der Waals surface area contributed by atoms with Crippen molar-refractivity contribution in [1.29, 1.82) is 5.26 Å². The lowest BCUT2D eigenvalue weighted by Gasteiger charge is -2.18. The molecule has 16 heavy (non-hydrogen) atoms. The topological polar surface area (TPSA) is 74.3 Å². The SMILES string of the molecule is CCS(=O)(=O)N(CCC#N)Cc1ccco1. The van der Waals surface area contributed by atoms with Crippen molar-refractivity contribution in [2.75, 3.05) is 12.3 Å². The number of hydrogen-bond donors (Lipinski definition) is 0. The Morgan fingerprint density at radius 3 is 2.81 bits per heavy atom. The Morgan fingerprint density at radius 1 is 1.56 bits per heavy atom. The molecule has 1 heterocycles. The maximum Gasteiger partial charge on any atom is 0.214 e. The summed E-state index contributed by atoms with van der Waals surface area (Å²) >= 11 is 0. The molecule has 0 fully saturated rings. The first-order chi connectivity index (χ1) is 7.60. The number of furan rings is 1. The lowest BCUT2D eigenvalue weighted by molar-refractivity contribution is 0.369. The van der Waals surface area contributed by atoms with E-state index < -0.39 is 10.0 Å². The maximum absolute atomic E-state index is 11.7. The molecule has 0 aliphatic carbocycles. The summed E-state index contributed by atoms with van der Waals surface area (Å²) in [5.74, 6) is 0.606. The largest absolute Gasteiger partial charge is 0.468 e. The number of sulfonamides is 1. The summed E-state index contributed by atoms with van der Waals surface area (Å²) < 4.78 is 29.8. The van der Waals surface area contributed by atoms with Gasteiger partial charge in [0.15, 0.2) is 0 Å². The third-order valence-electron chi connectivity index (χ3n) is 2.14. The number of hydrogen-bond acceptors (Lipinski definition) is 4. The molecule has 1 aromatic rings. The van der Waals surface area contributed by atoms with E-state index in [1.807, 2.05) is 6.07 Å². The maximum atomic E-state index is 11.7. The zero-order valence-electron chi connectivity index (χ0n) is 9.09. The molecule has 0 bridgehead atoms. The van der Waals surface area contributed by atoms with E-state index in [-0.39, 0.29) is 25.3 Å². The van der Waals surface area contributed by atoms with Crippen molar-refractivity contribution < 1.29 is 12.8 Å². The van der Waals surface area contributed by atoms with Gasteiger partial charge in [-0.2, -0.15) is 9.57 Å². The van der Waals surface area contributed by atoms with Crippen molar-refractivity contribution in [1.82, 2.24) is 4.31 Å². The summed E-state index contributed by atoms with van der Waals surface area (Å²) in [7, 11) is -3.29. The van der Waals surface area contributed by atoms with E-state index in [2.05, 4.69) is 0 Å². The smallest absolute Gasteiger partial charge is 0.214 e. The Bertz CT molecular complexity index is 445. The molecule has 1 rings (SSSR count). The minimum Gasteiger partial charge on any atom is -0.468 e. The van der Waals surface area contributed by atoms with Crippen molar-refractivity contribution in [2.24, 2.45) is 0 Å². The minimum atomic E-state index is -3.29. The van der Waals surface area contributed by atoms with Gasteiger partial charge < -0.3 is 4.42 Å². The van der Waals surface area contributed by atoms with Gasteiger partial charge in [0.1, 0.15) is 5.76 Å². The molecule has 0 N–H and O–H groups in total. The molecular formula is C10H14N2O3S. The van der Waals surface area contributed by atoms with Crippen LogP contribution in [0.2, 0.25) is 0 Å². The average molecular weight is 242 g/mol. The number of rotatable bonds is 6. The number of nitrogens with zero attached hydrogens (tertiary/aromatic N) is 2. The molecular weight excluding hydrogens is 228 g/mol. The van der Waals surface area contributed by atoms with Crippen LogP contribution in [0.15, 0.2) is 22.8 Å². The van der Waals surface area contributed by atoms with Gasteiger partial charge in [-0.25, -0.2) is 8.42 Å². The van der Waals surface area contributed by atoms with E-state index in [0.717, 1.165) is 0 Å². The zero-order valence-corrected chi connectivity index (χ0v) is 9.90. The van der Waals surface area contributed by atoms with Crippen LogP contribution < -0.4 is 0 Å². The third kappa shape index (κ3) is 3.36. The highest BCUT2D eigenvalue weighted by atomic mass is 32.2. The van der Waals surface area contributed by atoms with E-state index >= 15 is 0 Å². The highest BCUT2D eigenvalue weighted by Gasteiger charge is 2.20. The first kappa shape index (κ1) is 12.7. The highest BCUT2D eigenvalue weighted by molar-refractivity contribution is 7.89. The molecule has 0 aliphatic heterocycles. The Balaban J connectivity index is 2.76. The molecule has 0 spiro atoms. The predicted molar refractivity (Wildman–Crippen MR) is 58.8 cm³/mol. The molecule has 0 saturated heterocycles. The lowest BCUT2D eigenvalue weighted by Crippen LogP contribution is -2.32. The van der Waals surface area contributed by atoms with Gasteiger partial charge in [0.25, 0.3) is 0 Å². The van der Waals surface area contributed by atoms with Crippen molar-refractivity contribution >= 4 is 10.0 Å². The van der Waals surface area contributed by atoms with Crippen LogP contribution >= 0.6 is 0 Å². The number of nitriles is 1. The molecule has 1 aromatic heterocycles. The molecule has 0 unspecified atom stereocenters. The third-order valence-corrected chi connectivity index (χ3v) is 3.97. The Morgan fingerprint density at radius 2 is 2.31 bits per heavy atom. The molecule has 0 saturated carbocycles. The molecule has 0 amide bonds. The van der Waals surface area contributed by atoms with Crippen LogP contribution in [0.25, 0.3) is 0 Å². The quantitative estimate of drug-likeness (QED) is 0.754. The fourth-order valence-corrected chi connectivity index (χ4v) is 2.31. The summed E-state index contributed by atoms with van der Waals surface area (Å²) in [6.07, 6.45) is 1.68. The van der Waals surface area contributed by atoms with Gasteiger partial charge in [-0.15, -0.1) is 0 Å². The van der Waals surface area contributed by atoms with Crippen molar-refractivity contribution in [2.45, 2.75) is 19.9 Å². The van der Waals surface area contributed by atoms with E-state index in [1.54, 1.807) is 19.1 Å². The first-order valence-corrected chi connectivity index (χ1v) is 6.58. The Hall–Kier alpha value is -1.32. The van der Waals surface area contributed by atoms with E-state index in [9.17, 15) is 8.42 Å². The van der Waals surface area contributed by atoms with Gasteiger partial charge in [-0.3, -0.25) is 0 Å². The second kappa shape index (κ2) is 5.68. The standard InChI is InChI=1S/C10H14N2O3S/c1-2-16(13,14)12(7-4-6-11)9-10-5-3-8-15-10/h3,5,8H,2,4,7,9H2,1H3. The molecule has 5 nitrogen and oxygen atoms in total. The van der Waals surface area contributed by atoms with Gasteiger partial charge in [0.05, 0.1) is 24.6 Å². The van der Waals surface area contributed by atoms with Crippen LogP contribution in [-0.2, 0) is 16.6 Å². The Kier molecular flexibility index (Phi) is 4.52. The molecule has 0 atom stereocenters.